The van der Waals surface area contributed by atoms with E-state index in [1.165, 1.54) is 6.07 Å². The lowest BCUT2D eigenvalue weighted by Gasteiger charge is -2.10. The molecule has 19 heavy (non-hydrogen) atoms. The van der Waals surface area contributed by atoms with Crippen molar-refractivity contribution in [3.63, 3.8) is 0 Å². The molecule has 0 saturated heterocycles. The fourth-order valence-electron chi connectivity index (χ4n) is 1.64. The van der Waals surface area contributed by atoms with Crippen molar-refractivity contribution < 1.29 is 19.5 Å². The van der Waals surface area contributed by atoms with Gasteiger partial charge < -0.3 is 14.7 Å². The van der Waals surface area contributed by atoms with Crippen molar-refractivity contribution in [2.75, 3.05) is 0 Å². The number of aromatic carboxylic acids is 1. The standard InChI is InChI=1S/C13H12BrNO4/c1-6(2)7-3-8(12(16)9(14)4-7)11-5-10(13(17)18)15-19-11/h3-6,16H,1-2H3,(H,17,18). The molecular formula is C13H12BrNO4. The number of carboxylic acids is 1. The molecule has 2 N–H and O–H groups in total. The van der Waals surface area contributed by atoms with Crippen molar-refractivity contribution in [2.24, 2.45) is 0 Å². The van der Waals surface area contributed by atoms with E-state index in [0.717, 1.165) is 5.56 Å². The number of phenolic OH excluding ortho intramolecular Hbond substituents is 1. The molecule has 100 valence electrons. The Morgan fingerprint density at radius 3 is 2.58 bits per heavy atom. The second kappa shape index (κ2) is 5.05. The van der Waals surface area contributed by atoms with Gasteiger partial charge in [-0.05, 0) is 39.5 Å². The summed E-state index contributed by atoms with van der Waals surface area (Å²) >= 11 is 3.27. The van der Waals surface area contributed by atoms with Gasteiger partial charge in [0.2, 0.25) is 0 Å². The summed E-state index contributed by atoms with van der Waals surface area (Å²) in [7, 11) is 0. The second-order valence-corrected chi connectivity index (χ2v) is 5.29. The minimum atomic E-state index is -1.17. The first-order valence-electron chi connectivity index (χ1n) is 5.63. The molecule has 0 unspecified atom stereocenters. The van der Waals surface area contributed by atoms with Crippen LogP contribution < -0.4 is 0 Å². The van der Waals surface area contributed by atoms with Gasteiger partial charge in [0, 0.05) is 6.07 Å². The van der Waals surface area contributed by atoms with Gasteiger partial charge in [0.25, 0.3) is 0 Å². The van der Waals surface area contributed by atoms with Crippen molar-refractivity contribution in [1.29, 1.82) is 0 Å². The zero-order valence-electron chi connectivity index (χ0n) is 10.3. The van der Waals surface area contributed by atoms with Crippen molar-refractivity contribution >= 4 is 21.9 Å². The van der Waals surface area contributed by atoms with Crippen LogP contribution in [0, 0.1) is 0 Å². The predicted octanol–water partition coefficient (Wildman–Crippen LogP) is 3.63. The molecular weight excluding hydrogens is 314 g/mol. The summed E-state index contributed by atoms with van der Waals surface area (Å²) in [4.78, 5) is 10.8. The van der Waals surface area contributed by atoms with Crippen molar-refractivity contribution in [2.45, 2.75) is 19.8 Å². The zero-order chi connectivity index (χ0) is 14.2. The van der Waals surface area contributed by atoms with Crippen LogP contribution in [0.1, 0.15) is 35.8 Å². The minimum Gasteiger partial charge on any atom is -0.506 e. The first-order valence-corrected chi connectivity index (χ1v) is 6.42. The molecule has 0 spiro atoms. The summed E-state index contributed by atoms with van der Waals surface area (Å²) < 4.78 is 5.50. The zero-order valence-corrected chi connectivity index (χ0v) is 11.9. The van der Waals surface area contributed by atoms with E-state index in [0.29, 0.717) is 10.0 Å². The number of rotatable bonds is 3. The molecule has 0 atom stereocenters. The molecule has 0 aliphatic carbocycles. The highest BCUT2D eigenvalue weighted by atomic mass is 79.9. The van der Waals surface area contributed by atoms with E-state index in [4.69, 9.17) is 9.63 Å². The van der Waals surface area contributed by atoms with E-state index in [1.807, 2.05) is 19.9 Å². The van der Waals surface area contributed by atoms with E-state index >= 15 is 0 Å². The fourth-order valence-corrected chi connectivity index (χ4v) is 2.12. The number of carboxylic acid groups (broad SMARTS) is 1. The average molecular weight is 326 g/mol. The predicted molar refractivity (Wildman–Crippen MR) is 72.4 cm³/mol. The van der Waals surface area contributed by atoms with Crippen LogP contribution in [0.3, 0.4) is 0 Å². The number of hydrogen-bond donors (Lipinski definition) is 2. The molecule has 2 aromatic rings. The lowest BCUT2D eigenvalue weighted by atomic mass is 9.99. The van der Waals surface area contributed by atoms with E-state index < -0.39 is 5.97 Å². The topological polar surface area (TPSA) is 83.6 Å². The first-order chi connectivity index (χ1) is 8.90. The van der Waals surface area contributed by atoms with Gasteiger partial charge in [-0.2, -0.15) is 0 Å². The molecule has 5 nitrogen and oxygen atoms in total. The summed E-state index contributed by atoms with van der Waals surface area (Å²) in [5.41, 5.74) is 1.21. The van der Waals surface area contributed by atoms with Gasteiger partial charge in [0.05, 0.1) is 10.0 Å². The van der Waals surface area contributed by atoms with Gasteiger partial charge in [0.15, 0.2) is 11.5 Å². The second-order valence-electron chi connectivity index (χ2n) is 4.44. The van der Waals surface area contributed by atoms with Gasteiger partial charge in [0.1, 0.15) is 5.75 Å². The number of aromatic hydroxyl groups is 1. The van der Waals surface area contributed by atoms with Crippen LogP contribution in [0.4, 0.5) is 0 Å². The lowest BCUT2D eigenvalue weighted by molar-refractivity contribution is 0.0686. The SMILES string of the molecule is CC(C)c1cc(Br)c(O)c(-c2cc(C(=O)O)no2)c1. The summed E-state index contributed by atoms with van der Waals surface area (Å²) in [6.07, 6.45) is 0. The third kappa shape index (κ3) is 2.63. The van der Waals surface area contributed by atoms with Crippen molar-refractivity contribution in [3.8, 4) is 17.1 Å². The molecule has 0 amide bonds. The summed E-state index contributed by atoms with van der Waals surface area (Å²) in [5.74, 6) is -0.693. The van der Waals surface area contributed by atoms with Crippen LogP contribution in [-0.2, 0) is 0 Å². The van der Waals surface area contributed by atoms with Crippen LogP contribution in [0.5, 0.6) is 5.75 Å². The normalized spacial score (nSPS) is 10.9. The molecule has 1 aromatic carbocycles. The highest BCUT2D eigenvalue weighted by Crippen LogP contribution is 2.38. The Balaban J connectivity index is 2.56. The Kier molecular flexibility index (Phi) is 3.61. The maximum Gasteiger partial charge on any atom is 0.358 e. The Labute approximate surface area is 118 Å². The first kappa shape index (κ1) is 13.6. The maximum absolute atomic E-state index is 10.8. The largest absolute Gasteiger partial charge is 0.506 e. The molecule has 0 fully saturated rings. The lowest BCUT2D eigenvalue weighted by Crippen LogP contribution is -1.94. The number of aromatic nitrogens is 1. The van der Waals surface area contributed by atoms with Crippen molar-refractivity contribution in [3.05, 3.63) is 33.9 Å². The van der Waals surface area contributed by atoms with Crippen LogP contribution in [0.15, 0.2) is 27.2 Å². The van der Waals surface area contributed by atoms with Crippen LogP contribution in [0.2, 0.25) is 0 Å². The van der Waals surface area contributed by atoms with Crippen molar-refractivity contribution in [1.82, 2.24) is 5.16 Å². The number of halogens is 1. The fraction of sp³-hybridized carbons (Fsp3) is 0.231. The Bertz CT molecular complexity index is 634. The molecule has 2 rings (SSSR count). The smallest absolute Gasteiger partial charge is 0.358 e. The van der Waals surface area contributed by atoms with E-state index in [2.05, 4.69) is 21.1 Å². The molecule has 0 saturated carbocycles. The van der Waals surface area contributed by atoms with Gasteiger partial charge in [-0.15, -0.1) is 0 Å². The molecule has 1 aromatic heterocycles. The number of hydrogen-bond acceptors (Lipinski definition) is 4. The van der Waals surface area contributed by atoms with E-state index in [-0.39, 0.29) is 23.1 Å². The Hall–Kier alpha value is -1.82. The third-order valence-corrected chi connectivity index (χ3v) is 3.35. The molecule has 0 aliphatic heterocycles. The molecule has 6 heteroatoms. The van der Waals surface area contributed by atoms with E-state index in [1.54, 1.807) is 6.07 Å². The van der Waals surface area contributed by atoms with Crippen LogP contribution in [-0.4, -0.2) is 21.3 Å². The summed E-state index contributed by atoms with van der Waals surface area (Å²) in [5, 5.41) is 22.3. The van der Waals surface area contributed by atoms with Gasteiger partial charge in [-0.1, -0.05) is 19.0 Å². The quantitative estimate of drug-likeness (QED) is 0.900. The van der Waals surface area contributed by atoms with Crippen LogP contribution in [0.25, 0.3) is 11.3 Å². The molecule has 0 radical (unpaired) electrons. The third-order valence-electron chi connectivity index (χ3n) is 2.75. The summed E-state index contributed by atoms with van der Waals surface area (Å²) in [6.45, 7) is 4.04. The molecule has 0 aliphatic rings. The van der Waals surface area contributed by atoms with Gasteiger partial charge in [-0.3, -0.25) is 0 Å². The molecule has 0 bridgehead atoms. The minimum absolute atomic E-state index is 0.00233. The average Bonchev–Trinajstić information content (AvgIpc) is 2.81. The number of phenols is 1. The Morgan fingerprint density at radius 1 is 1.37 bits per heavy atom. The Morgan fingerprint density at radius 2 is 2.05 bits per heavy atom. The molecule has 1 heterocycles. The number of carbonyl (C=O) groups is 1. The number of nitrogens with zero attached hydrogens (tertiary/aromatic N) is 1. The monoisotopic (exact) mass is 325 g/mol. The van der Waals surface area contributed by atoms with Crippen LogP contribution >= 0.6 is 15.9 Å². The van der Waals surface area contributed by atoms with E-state index in [9.17, 15) is 9.90 Å². The maximum atomic E-state index is 10.8. The number of benzene rings is 1. The highest BCUT2D eigenvalue weighted by molar-refractivity contribution is 9.10. The highest BCUT2D eigenvalue weighted by Gasteiger charge is 2.18. The van der Waals surface area contributed by atoms with Gasteiger partial charge in [-0.25, -0.2) is 4.79 Å². The van der Waals surface area contributed by atoms with Gasteiger partial charge >= 0.3 is 5.97 Å². The summed E-state index contributed by atoms with van der Waals surface area (Å²) in [6, 6.07) is 4.86.